The Bertz CT molecular complexity index is 469. The van der Waals surface area contributed by atoms with E-state index >= 15 is 0 Å². The first-order chi connectivity index (χ1) is 8.65. The van der Waals surface area contributed by atoms with Crippen molar-refractivity contribution in [3.63, 3.8) is 0 Å². The SMILES string of the molecule is Cc1ccc(F)c(N2C3CCCC2CC(=O)C3)c1. The lowest BCUT2D eigenvalue weighted by Crippen LogP contribution is -2.53. The molecule has 2 saturated heterocycles. The third-order valence-corrected chi connectivity index (χ3v) is 4.17. The average Bonchev–Trinajstić information content (AvgIpc) is 2.31. The van der Waals surface area contributed by atoms with Crippen molar-refractivity contribution in [2.24, 2.45) is 0 Å². The minimum Gasteiger partial charge on any atom is -0.362 e. The van der Waals surface area contributed by atoms with Crippen LogP contribution < -0.4 is 4.90 Å². The lowest BCUT2D eigenvalue weighted by atomic mass is 9.83. The van der Waals surface area contributed by atoms with Crippen LogP contribution in [0.5, 0.6) is 0 Å². The predicted octanol–water partition coefficient (Wildman–Crippen LogP) is 3.22. The topological polar surface area (TPSA) is 20.3 Å². The van der Waals surface area contributed by atoms with Crippen molar-refractivity contribution >= 4 is 11.5 Å². The molecule has 3 rings (SSSR count). The van der Waals surface area contributed by atoms with Gasteiger partial charge < -0.3 is 4.90 Å². The molecular formula is C15H18FNO. The molecule has 2 atom stereocenters. The quantitative estimate of drug-likeness (QED) is 0.759. The van der Waals surface area contributed by atoms with Gasteiger partial charge in [-0.1, -0.05) is 6.07 Å². The van der Waals surface area contributed by atoms with Crippen LogP contribution in [0, 0.1) is 12.7 Å². The molecule has 0 radical (unpaired) electrons. The summed E-state index contributed by atoms with van der Waals surface area (Å²) in [5, 5.41) is 0. The number of Topliss-reactive ketones (excluding diaryl/α,β-unsaturated/α-hetero) is 1. The number of hydrogen-bond acceptors (Lipinski definition) is 2. The van der Waals surface area contributed by atoms with Gasteiger partial charge >= 0.3 is 0 Å². The molecule has 96 valence electrons. The highest BCUT2D eigenvalue weighted by atomic mass is 19.1. The Morgan fingerprint density at radius 3 is 2.56 bits per heavy atom. The Hall–Kier alpha value is -1.38. The van der Waals surface area contributed by atoms with Gasteiger partial charge in [0.1, 0.15) is 11.6 Å². The minimum atomic E-state index is -0.160. The average molecular weight is 247 g/mol. The summed E-state index contributed by atoms with van der Waals surface area (Å²) in [6.07, 6.45) is 4.35. The number of nitrogens with zero attached hydrogens (tertiary/aromatic N) is 1. The van der Waals surface area contributed by atoms with E-state index in [1.807, 2.05) is 13.0 Å². The lowest BCUT2D eigenvalue weighted by Gasteiger charge is -2.47. The maximum Gasteiger partial charge on any atom is 0.146 e. The van der Waals surface area contributed by atoms with Gasteiger partial charge in [0.15, 0.2) is 0 Å². The molecule has 2 heterocycles. The standard InChI is InChI=1S/C15H18FNO/c1-10-5-6-14(16)15(7-10)17-11-3-2-4-12(17)9-13(18)8-11/h5-7,11-12H,2-4,8-9H2,1H3. The van der Waals surface area contributed by atoms with E-state index in [2.05, 4.69) is 4.90 Å². The van der Waals surface area contributed by atoms with Crippen molar-refractivity contribution in [1.82, 2.24) is 0 Å². The molecule has 2 aliphatic rings. The van der Waals surface area contributed by atoms with Crippen molar-refractivity contribution in [2.45, 2.75) is 51.1 Å². The number of anilines is 1. The summed E-state index contributed by atoms with van der Waals surface area (Å²) in [6, 6.07) is 5.67. The van der Waals surface area contributed by atoms with Crippen LogP contribution in [-0.4, -0.2) is 17.9 Å². The lowest BCUT2D eigenvalue weighted by molar-refractivity contribution is -0.121. The Morgan fingerprint density at radius 2 is 1.89 bits per heavy atom. The first-order valence-corrected chi connectivity index (χ1v) is 6.71. The molecule has 0 N–H and O–H groups in total. The molecule has 0 amide bonds. The number of aryl methyl sites for hydroxylation is 1. The van der Waals surface area contributed by atoms with Crippen molar-refractivity contribution in [3.8, 4) is 0 Å². The number of carbonyl (C=O) groups is 1. The highest BCUT2D eigenvalue weighted by Gasteiger charge is 2.38. The van der Waals surface area contributed by atoms with Gasteiger partial charge in [0.25, 0.3) is 0 Å². The maximum atomic E-state index is 14.0. The number of benzene rings is 1. The second-order valence-corrected chi connectivity index (χ2v) is 5.55. The Labute approximate surface area is 107 Å². The number of halogens is 1. The molecule has 3 heteroatoms. The summed E-state index contributed by atoms with van der Waals surface area (Å²) in [5.41, 5.74) is 1.76. The fourth-order valence-electron chi connectivity index (χ4n) is 3.39. The van der Waals surface area contributed by atoms with Gasteiger partial charge in [-0.25, -0.2) is 4.39 Å². The largest absolute Gasteiger partial charge is 0.362 e. The Balaban J connectivity index is 2.00. The number of rotatable bonds is 1. The summed E-state index contributed by atoms with van der Waals surface area (Å²) in [5.74, 6) is 0.181. The summed E-state index contributed by atoms with van der Waals surface area (Å²) in [4.78, 5) is 13.9. The molecule has 2 bridgehead atoms. The third-order valence-electron chi connectivity index (χ3n) is 4.17. The van der Waals surface area contributed by atoms with Gasteiger partial charge in [-0.2, -0.15) is 0 Å². The summed E-state index contributed by atoms with van der Waals surface area (Å²) in [6.45, 7) is 1.98. The molecule has 2 fully saturated rings. The van der Waals surface area contributed by atoms with E-state index in [4.69, 9.17) is 0 Å². The number of ketones is 1. The normalized spacial score (nSPS) is 27.4. The number of fused-ring (bicyclic) bond motifs is 2. The van der Waals surface area contributed by atoms with Crippen molar-refractivity contribution < 1.29 is 9.18 Å². The number of carbonyl (C=O) groups excluding carboxylic acids is 1. The highest BCUT2D eigenvalue weighted by molar-refractivity contribution is 5.82. The summed E-state index contributed by atoms with van der Waals surface area (Å²) >= 11 is 0. The second kappa shape index (κ2) is 4.38. The van der Waals surface area contributed by atoms with Crippen LogP contribution in [0.4, 0.5) is 10.1 Å². The molecule has 2 aliphatic heterocycles. The van der Waals surface area contributed by atoms with Crippen LogP contribution in [0.3, 0.4) is 0 Å². The highest BCUT2D eigenvalue weighted by Crippen LogP contribution is 2.37. The van der Waals surface area contributed by atoms with Gasteiger partial charge in [0.05, 0.1) is 5.69 Å². The van der Waals surface area contributed by atoms with E-state index in [9.17, 15) is 9.18 Å². The third kappa shape index (κ3) is 1.92. The van der Waals surface area contributed by atoms with Crippen LogP contribution in [0.1, 0.15) is 37.7 Å². The molecule has 1 aromatic carbocycles. The van der Waals surface area contributed by atoms with Crippen LogP contribution >= 0.6 is 0 Å². The van der Waals surface area contributed by atoms with Crippen LogP contribution in [0.15, 0.2) is 18.2 Å². The zero-order valence-corrected chi connectivity index (χ0v) is 10.7. The maximum absolute atomic E-state index is 14.0. The van der Waals surface area contributed by atoms with Gasteiger partial charge in [0.2, 0.25) is 0 Å². The molecule has 0 saturated carbocycles. The van der Waals surface area contributed by atoms with E-state index in [1.165, 1.54) is 6.07 Å². The molecular weight excluding hydrogens is 229 g/mol. The smallest absolute Gasteiger partial charge is 0.146 e. The van der Waals surface area contributed by atoms with E-state index < -0.39 is 0 Å². The van der Waals surface area contributed by atoms with Crippen molar-refractivity contribution in [1.29, 1.82) is 0 Å². The monoisotopic (exact) mass is 247 g/mol. The first kappa shape index (κ1) is 11.7. The number of hydrogen-bond donors (Lipinski definition) is 0. The van der Waals surface area contributed by atoms with Crippen molar-refractivity contribution in [2.75, 3.05) is 4.90 Å². The summed E-state index contributed by atoms with van der Waals surface area (Å²) in [7, 11) is 0. The Morgan fingerprint density at radius 1 is 1.22 bits per heavy atom. The fraction of sp³-hybridized carbons (Fsp3) is 0.533. The van der Waals surface area contributed by atoms with E-state index in [1.54, 1.807) is 6.07 Å². The first-order valence-electron chi connectivity index (χ1n) is 6.71. The molecule has 0 spiro atoms. The fourth-order valence-corrected chi connectivity index (χ4v) is 3.39. The van der Waals surface area contributed by atoms with Crippen LogP contribution in [0.25, 0.3) is 0 Å². The van der Waals surface area contributed by atoms with E-state index in [-0.39, 0.29) is 17.9 Å². The zero-order valence-electron chi connectivity index (χ0n) is 10.7. The van der Waals surface area contributed by atoms with E-state index in [0.717, 1.165) is 24.8 Å². The van der Waals surface area contributed by atoms with Gasteiger partial charge in [-0.3, -0.25) is 4.79 Å². The molecule has 2 nitrogen and oxygen atoms in total. The molecule has 0 aliphatic carbocycles. The van der Waals surface area contributed by atoms with Crippen LogP contribution in [0.2, 0.25) is 0 Å². The zero-order chi connectivity index (χ0) is 12.7. The van der Waals surface area contributed by atoms with Gasteiger partial charge in [-0.15, -0.1) is 0 Å². The minimum absolute atomic E-state index is 0.160. The van der Waals surface area contributed by atoms with E-state index in [0.29, 0.717) is 24.3 Å². The molecule has 0 aromatic heterocycles. The molecule has 2 unspecified atom stereocenters. The molecule has 1 aromatic rings. The Kier molecular flexibility index (Phi) is 2.84. The van der Waals surface area contributed by atoms with Gasteiger partial charge in [0, 0.05) is 24.9 Å². The molecule has 18 heavy (non-hydrogen) atoms. The number of piperidine rings is 2. The predicted molar refractivity (Wildman–Crippen MR) is 69.3 cm³/mol. The van der Waals surface area contributed by atoms with Crippen molar-refractivity contribution in [3.05, 3.63) is 29.6 Å². The van der Waals surface area contributed by atoms with Crippen LogP contribution in [-0.2, 0) is 4.79 Å². The summed E-state index contributed by atoms with van der Waals surface area (Å²) < 4.78 is 14.0. The van der Waals surface area contributed by atoms with Gasteiger partial charge in [-0.05, 0) is 43.9 Å². The second-order valence-electron chi connectivity index (χ2n) is 5.55.